The van der Waals surface area contributed by atoms with Gasteiger partial charge in [-0.05, 0) is 15.9 Å². The lowest BCUT2D eigenvalue weighted by Crippen LogP contribution is -2.02. The van der Waals surface area contributed by atoms with Gasteiger partial charge in [0, 0.05) is 5.56 Å². The fourth-order valence-corrected chi connectivity index (χ4v) is 1.34. The van der Waals surface area contributed by atoms with Gasteiger partial charge >= 0.3 is 0 Å². The highest BCUT2D eigenvalue weighted by Gasteiger charge is 2.20. The number of pyridine rings is 1. The number of hydrogen-bond donors (Lipinski definition) is 1. The molecule has 0 amide bonds. The molecule has 0 fully saturated rings. The lowest BCUT2D eigenvalue weighted by molar-refractivity contribution is 0.141. The van der Waals surface area contributed by atoms with Gasteiger partial charge in [-0.1, -0.05) is 0 Å². The SMILES string of the molecule is OCc1c(Br)ncc(F)c1C(F)F. The molecule has 2 nitrogen and oxygen atoms in total. The van der Waals surface area contributed by atoms with Crippen LogP contribution in [0.5, 0.6) is 0 Å². The Morgan fingerprint density at radius 1 is 1.54 bits per heavy atom. The number of aliphatic hydroxyl groups excluding tert-OH is 1. The summed E-state index contributed by atoms with van der Waals surface area (Å²) in [6, 6.07) is 0. The van der Waals surface area contributed by atoms with Crippen molar-refractivity contribution in [3.05, 3.63) is 27.7 Å². The maximum atomic E-state index is 12.8. The van der Waals surface area contributed by atoms with E-state index in [0.29, 0.717) is 6.20 Å². The molecule has 1 heterocycles. The van der Waals surface area contributed by atoms with Crippen LogP contribution in [-0.2, 0) is 6.61 Å². The largest absolute Gasteiger partial charge is 0.392 e. The van der Waals surface area contributed by atoms with Gasteiger partial charge in [0.25, 0.3) is 6.43 Å². The third-order valence-corrected chi connectivity index (χ3v) is 2.18. The maximum absolute atomic E-state index is 12.8. The zero-order valence-electron chi connectivity index (χ0n) is 6.27. The minimum atomic E-state index is -2.96. The van der Waals surface area contributed by atoms with E-state index in [1.165, 1.54) is 0 Å². The molecule has 0 aromatic carbocycles. The van der Waals surface area contributed by atoms with Gasteiger partial charge in [0.15, 0.2) is 5.82 Å². The highest BCUT2D eigenvalue weighted by molar-refractivity contribution is 9.10. The first kappa shape index (κ1) is 10.5. The van der Waals surface area contributed by atoms with Crippen LogP contribution in [0.3, 0.4) is 0 Å². The molecule has 1 aromatic rings. The van der Waals surface area contributed by atoms with Crippen molar-refractivity contribution in [2.24, 2.45) is 0 Å². The molecule has 0 atom stereocenters. The van der Waals surface area contributed by atoms with E-state index in [2.05, 4.69) is 20.9 Å². The van der Waals surface area contributed by atoms with Gasteiger partial charge in [0.1, 0.15) is 4.60 Å². The Bertz CT molecular complexity index is 319. The van der Waals surface area contributed by atoms with E-state index in [0.717, 1.165) is 0 Å². The van der Waals surface area contributed by atoms with E-state index in [4.69, 9.17) is 5.11 Å². The summed E-state index contributed by atoms with van der Waals surface area (Å²) in [4.78, 5) is 3.44. The van der Waals surface area contributed by atoms with Crippen molar-refractivity contribution in [1.29, 1.82) is 0 Å². The Morgan fingerprint density at radius 2 is 2.15 bits per heavy atom. The number of hydrogen-bond acceptors (Lipinski definition) is 2. The summed E-state index contributed by atoms with van der Waals surface area (Å²) in [5.41, 5.74) is -1.01. The molecule has 0 aliphatic rings. The van der Waals surface area contributed by atoms with Gasteiger partial charge in [-0.2, -0.15) is 0 Å². The van der Waals surface area contributed by atoms with Gasteiger partial charge in [-0.15, -0.1) is 0 Å². The zero-order chi connectivity index (χ0) is 10.0. The van der Waals surface area contributed by atoms with Crippen LogP contribution in [0.25, 0.3) is 0 Å². The molecule has 1 rings (SSSR count). The van der Waals surface area contributed by atoms with E-state index in [1.54, 1.807) is 0 Å². The second-order valence-electron chi connectivity index (χ2n) is 2.25. The molecule has 0 saturated carbocycles. The predicted octanol–water partition coefficient (Wildman–Crippen LogP) is 2.41. The molecule has 13 heavy (non-hydrogen) atoms. The smallest absolute Gasteiger partial charge is 0.267 e. The van der Waals surface area contributed by atoms with Crippen LogP contribution >= 0.6 is 15.9 Å². The number of aliphatic hydroxyl groups is 1. The lowest BCUT2D eigenvalue weighted by Gasteiger charge is -2.08. The molecule has 6 heteroatoms. The van der Waals surface area contributed by atoms with Crippen LogP contribution < -0.4 is 0 Å². The Balaban J connectivity index is 3.35. The highest BCUT2D eigenvalue weighted by atomic mass is 79.9. The van der Waals surface area contributed by atoms with Crippen molar-refractivity contribution >= 4 is 15.9 Å². The zero-order valence-corrected chi connectivity index (χ0v) is 7.85. The summed E-state index contributed by atoms with van der Waals surface area (Å²) < 4.78 is 37.3. The van der Waals surface area contributed by atoms with E-state index >= 15 is 0 Å². The van der Waals surface area contributed by atoms with Crippen LogP contribution in [0, 0.1) is 5.82 Å². The average Bonchev–Trinajstić information content (AvgIpc) is 2.07. The standard InChI is InChI=1S/C7H5BrF3NO/c8-6-3(2-13)5(7(10)11)4(9)1-12-6/h1,7,13H,2H2. The van der Waals surface area contributed by atoms with Gasteiger partial charge in [-0.25, -0.2) is 18.2 Å². The van der Waals surface area contributed by atoms with Crippen molar-refractivity contribution < 1.29 is 18.3 Å². The Kier molecular flexibility index (Phi) is 3.27. The monoisotopic (exact) mass is 255 g/mol. The minimum absolute atomic E-state index is 0.0340. The van der Waals surface area contributed by atoms with Crippen molar-refractivity contribution in [3.63, 3.8) is 0 Å². The molecule has 0 aliphatic heterocycles. The quantitative estimate of drug-likeness (QED) is 0.824. The number of rotatable bonds is 2. The second kappa shape index (κ2) is 4.06. The van der Waals surface area contributed by atoms with Gasteiger partial charge in [-0.3, -0.25) is 0 Å². The van der Waals surface area contributed by atoms with Crippen LogP contribution in [0.4, 0.5) is 13.2 Å². The van der Waals surface area contributed by atoms with E-state index in [9.17, 15) is 13.2 Å². The third-order valence-electron chi connectivity index (χ3n) is 1.50. The molecule has 0 saturated heterocycles. The Hall–Kier alpha value is -0.620. The number of alkyl halides is 2. The van der Waals surface area contributed by atoms with Crippen LogP contribution in [-0.4, -0.2) is 10.1 Å². The van der Waals surface area contributed by atoms with Gasteiger partial charge < -0.3 is 5.11 Å². The normalized spacial score (nSPS) is 10.9. The summed E-state index contributed by atoms with van der Waals surface area (Å²) in [5, 5.41) is 8.70. The van der Waals surface area contributed by atoms with Gasteiger partial charge in [0.2, 0.25) is 0 Å². The molecule has 0 unspecified atom stereocenters. The molecular formula is C7H5BrF3NO. The molecule has 0 radical (unpaired) electrons. The van der Waals surface area contributed by atoms with E-state index < -0.39 is 24.4 Å². The number of halogens is 4. The Labute approximate surface area is 80.5 Å². The summed E-state index contributed by atoms with van der Waals surface area (Å²) in [7, 11) is 0. The number of nitrogens with zero attached hydrogens (tertiary/aromatic N) is 1. The van der Waals surface area contributed by atoms with Crippen molar-refractivity contribution in [2.75, 3.05) is 0 Å². The Morgan fingerprint density at radius 3 is 2.54 bits per heavy atom. The van der Waals surface area contributed by atoms with Crippen LogP contribution in [0.1, 0.15) is 17.6 Å². The first-order valence-corrected chi connectivity index (χ1v) is 4.09. The maximum Gasteiger partial charge on any atom is 0.267 e. The van der Waals surface area contributed by atoms with Gasteiger partial charge in [0.05, 0.1) is 18.4 Å². The molecule has 1 N–H and O–H groups in total. The molecule has 0 spiro atoms. The lowest BCUT2D eigenvalue weighted by atomic mass is 10.1. The fraction of sp³-hybridized carbons (Fsp3) is 0.286. The third kappa shape index (κ3) is 2.00. The second-order valence-corrected chi connectivity index (χ2v) is 3.00. The summed E-state index contributed by atoms with van der Waals surface area (Å²) in [6.07, 6.45) is -2.27. The topological polar surface area (TPSA) is 33.1 Å². The predicted molar refractivity (Wildman–Crippen MR) is 42.8 cm³/mol. The fourth-order valence-electron chi connectivity index (χ4n) is 0.902. The molecule has 72 valence electrons. The first-order valence-electron chi connectivity index (χ1n) is 3.29. The summed E-state index contributed by atoms with van der Waals surface area (Å²) in [6.45, 7) is -0.676. The highest BCUT2D eigenvalue weighted by Crippen LogP contribution is 2.29. The summed E-state index contributed by atoms with van der Waals surface area (Å²) in [5.74, 6) is -1.11. The number of aromatic nitrogens is 1. The van der Waals surface area contributed by atoms with E-state index in [1.807, 2.05) is 0 Å². The van der Waals surface area contributed by atoms with Crippen LogP contribution in [0.15, 0.2) is 10.8 Å². The molecular weight excluding hydrogens is 251 g/mol. The minimum Gasteiger partial charge on any atom is -0.392 e. The van der Waals surface area contributed by atoms with Crippen molar-refractivity contribution in [3.8, 4) is 0 Å². The van der Waals surface area contributed by atoms with Crippen molar-refractivity contribution in [1.82, 2.24) is 4.98 Å². The van der Waals surface area contributed by atoms with Crippen molar-refractivity contribution in [2.45, 2.75) is 13.0 Å². The first-order chi connectivity index (χ1) is 6.07. The summed E-state index contributed by atoms with van der Waals surface area (Å²) >= 11 is 2.84. The van der Waals surface area contributed by atoms with Crippen LogP contribution in [0.2, 0.25) is 0 Å². The molecule has 0 aliphatic carbocycles. The average molecular weight is 256 g/mol. The molecule has 0 bridgehead atoms. The molecule has 1 aromatic heterocycles. The van der Waals surface area contributed by atoms with E-state index in [-0.39, 0.29) is 10.2 Å².